The Morgan fingerprint density at radius 3 is 2.52 bits per heavy atom. The van der Waals surface area contributed by atoms with Gasteiger partial charge in [-0.25, -0.2) is 9.97 Å². The van der Waals surface area contributed by atoms with Crippen LogP contribution in [0.4, 0.5) is 17.3 Å². The Bertz CT molecular complexity index is 915. The van der Waals surface area contributed by atoms with Crippen molar-refractivity contribution in [2.45, 2.75) is 26.3 Å². The third-order valence-corrected chi connectivity index (χ3v) is 5.19. The minimum absolute atomic E-state index is 0.242. The topological polar surface area (TPSA) is 83.3 Å². The number of aromatic nitrogens is 2. The Morgan fingerprint density at radius 1 is 1.14 bits per heavy atom. The van der Waals surface area contributed by atoms with Crippen LogP contribution >= 0.6 is 0 Å². The van der Waals surface area contributed by atoms with E-state index in [9.17, 15) is 4.79 Å². The number of benzene rings is 1. The predicted octanol–water partition coefficient (Wildman–Crippen LogP) is 3.98. The highest BCUT2D eigenvalue weighted by Crippen LogP contribution is 2.24. The van der Waals surface area contributed by atoms with Crippen molar-refractivity contribution < 1.29 is 9.21 Å². The zero-order valence-corrected chi connectivity index (χ0v) is 16.5. The van der Waals surface area contributed by atoms with Crippen LogP contribution in [-0.4, -0.2) is 29.0 Å². The first kappa shape index (κ1) is 19.0. The number of anilines is 3. The highest BCUT2D eigenvalue weighted by Gasteiger charge is 2.16. The quantitative estimate of drug-likeness (QED) is 0.661. The van der Waals surface area contributed by atoms with Gasteiger partial charge in [0.05, 0.1) is 18.4 Å². The fraction of sp³-hybridized carbons (Fsp3) is 0.318. The maximum absolute atomic E-state index is 12.2. The molecule has 7 nitrogen and oxygen atoms in total. The Balaban J connectivity index is 1.32. The Kier molecular flexibility index (Phi) is 5.74. The summed E-state index contributed by atoms with van der Waals surface area (Å²) in [6, 6.07) is 11.9. The number of carbonyl (C=O) groups is 1. The highest BCUT2D eigenvalue weighted by molar-refractivity contribution is 5.93. The third kappa shape index (κ3) is 4.93. The molecule has 7 heteroatoms. The second-order valence-corrected chi connectivity index (χ2v) is 7.40. The molecule has 0 unspecified atom stereocenters. The van der Waals surface area contributed by atoms with E-state index in [4.69, 9.17) is 4.42 Å². The van der Waals surface area contributed by atoms with E-state index in [0.717, 1.165) is 24.7 Å². The zero-order valence-electron chi connectivity index (χ0n) is 16.5. The third-order valence-electron chi connectivity index (χ3n) is 5.19. The summed E-state index contributed by atoms with van der Waals surface area (Å²) in [5.41, 5.74) is 2.55. The SMILES string of the molecule is CC1CCN(c2ccc(Nc3ncc(C(=O)NCc4ccco4)cn3)cc2)CC1. The lowest BCUT2D eigenvalue weighted by Gasteiger charge is -2.32. The molecule has 1 amide bonds. The maximum Gasteiger partial charge on any atom is 0.254 e. The molecule has 0 saturated carbocycles. The Hall–Kier alpha value is -3.35. The summed E-state index contributed by atoms with van der Waals surface area (Å²) in [7, 11) is 0. The largest absolute Gasteiger partial charge is 0.467 e. The van der Waals surface area contributed by atoms with Crippen LogP contribution in [0.3, 0.4) is 0 Å². The van der Waals surface area contributed by atoms with E-state index >= 15 is 0 Å². The standard InChI is InChI=1S/C22H25N5O2/c1-16-8-10-27(11-9-16)19-6-4-18(5-7-19)26-22-24-13-17(14-25-22)21(28)23-15-20-3-2-12-29-20/h2-7,12-14,16H,8-11,15H2,1H3,(H,23,28)(H,24,25,26). The number of rotatable bonds is 6. The summed E-state index contributed by atoms with van der Waals surface area (Å²) >= 11 is 0. The molecule has 1 aliphatic heterocycles. The lowest BCUT2D eigenvalue weighted by Crippen LogP contribution is -2.32. The molecule has 3 aromatic rings. The smallest absolute Gasteiger partial charge is 0.254 e. The van der Waals surface area contributed by atoms with E-state index < -0.39 is 0 Å². The van der Waals surface area contributed by atoms with Crippen molar-refractivity contribution >= 4 is 23.2 Å². The first-order chi connectivity index (χ1) is 14.2. The van der Waals surface area contributed by atoms with Gasteiger partial charge in [-0.2, -0.15) is 0 Å². The zero-order chi connectivity index (χ0) is 20.1. The molecule has 2 aromatic heterocycles. The monoisotopic (exact) mass is 391 g/mol. The fourth-order valence-electron chi connectivity index (χ4n) is 3.34. The van der Waals surface area contributed by atoms with Gasteiger partial charge in [-0.15, -0.1) is 0 Å². The molecule has 1 fully saturated rings. The van der Waals surface area contributed by atoms with Crippen molar-refractivity contribution in [3.05, 3.63) is 66.4 Å². The van der Waals surface area contributed by atoms with Crippen LogP contribution in [0.25, 0.3) is 0 Å². The van der Waals surface area contributed by atoms with E-state index in [2.05, 4.69) is 44.6 Å². The van der Waals surface area contributed by atoms with Crippen molar-refractivity contribution in [3.63, 3.8) is 0 Å². The lowest BCUT2D eigenvalue weighted by molar-refractivity contribution is 0.0947. The van der Waals surface area contributed by atoms with Crippen molar-refractivity contribution in [2.75, 3.05) is 23.3 Å². The van der Waals surface area contributed by atoms with Gasteiger partial charge in [0.1, 0.15) is 5.76 Å². The molecule has 0 bridgehead atoms. The fourth-order valence-corrected chi connectivity index (χ4v) is 3.34. The normalized spacial score (nSPS) is 14.6. The summed E-state index contributed by atoms with van der Waals surface area (Å²) in [6.45, 7) is 4.87. The molecule has 1 saturated heterocycles. The molecule has 0 atom stereocenters. The van der Waals surface area contributed by atoms with Crippen LogP contribution < -0.4 is 15.5 Å². The number of piperidine rings is 1. The van der Waals surface area contributed by atoms with Crippen molar-refractivity contribution in [2.24, 2.45) is 5.92 Å². The number of amides is 1. The van der Waals surface area contributed by atoms with E-state index in [1.165, 1.54) is 30.9 Å². The maximum atomic E-state index is 12.2. The van der Waals surface area contributed by atoms with Gasteiger partial charge >= 0.3 is 0 Å². The van der Waals surface area contributed by atoms with E-state index in [1.807, 2.05) is 12.1 Å². The van der Waals surface area contributed by atoms with Crippen LogP contribution in [-0.2, 0) is 6.54 Å². The van der Waals surface area contributed by atoms with E-state index in [0.29, 0.717) is 23.8 Å². The summed E-state index contributed by atoms with van der Waals surface area (Å²) < 4.78 is 5.20. The Morgan fingerprint density at radius 2 is 1.86 bits per heavy atom. The van der Waals surface area contributed by atoms with Crippen LogP contribution in [0.15, 0.2) is 59.5 Å². The van der Waals surface area contributed by atoms with Gasteiger partial charge < -0.3 is 20.0 Å². The van der Waals surface area contributed by atoms with Gasteiger partial charge in [0, 0.05) is 36.9 Å². The van der Waals surface area contributed by atoms with Gasteiger partial charge in [-0.3, -0.25) is 4.79 Å². The molecule has 0 spiro atoms. The first-order valence-electron chi connectivity index (χ1n) is 9.92. The predicted molar refractivity (Wildman–Crippen MR) is 112 cm³/mol. The molecule has 3 heterocycles. The first-order valence-corrected chi connectivity index (χ1v) is 9.92. The van der Waals surface area contributed by atoms with Crippen LogP contribution in [0.5, 0.6) is 0 Å². The summed E-state index contributed by atoms with van der Waals surface area (Å²) in [5, 5.41) is 5.95. The number of carbonyl (C=O) groups excluding carboxylic acids is 1. The van der Waals surface area contributed by atoms with Gasteiger partial charge in [0.2, 0.25) is 5.95 Å². The number of furan rings is 1. The molecule has 1 aliphatic rings. The molecule has 0 radical (unpaired) electrons. The molecular formula is C22H25N5O2. The second kappa shape index (κ2) is 8.77. The second-order valence-electron chi connectivity index (χ2n) is 7.40. The highest BCUT2D eigenvalue weighted by atomic mass is 16.3. The lowest BCUT2D eigenvalue weighted by atomic mass is 9.99. The molecule has 29 heavy (non-hydrogen) atoms. The van der Waals surface area contributed by atoms with E-state index in [-0.39, 0.29) is 5.91 Å². The average Bonchev–Trinajstić information content (AvgIpc) is 3.27. The van der Waals surface area contributed by atoms with Crippen LogP contribution in [0, 0.1) is 5.92 Å². The van der Waals surface area contributed by atoms with Crippen molar-refractivity contribution in [3.8, 4) is 0 Å². The van der Waals surface area contributed by atoms with Gasteiger partial charge in [0.25, 0.3) is 5.91 Å². The van der Waals surface area contributed by atoms with Crippen LogP contribution in [0.1, 0.15) is 35.9 Å². The summed E-state index contributed by atoms with van der Waals surface area (Å²) in [6.07, 6.45) is 7.08. The summed E-state index contributed by atoms with van der Waals surface area (Å²) in [4.78, 5) is 23.1. The number of nitrogens with zero attached hydrogens (tertiary/aromatic N) is 3. The van der Waals surface area contributed by atoms with Gasteiger partial charge in [-0.05, 0) is 55.2 Å². The molecule has 1 aromatic carbocycles. The molecule has 0 aliphatic carbocycles. The van der Waals surface area contributed by atoms with Crippen molar-refractivity contribution in [1.29, 1.82) is 0 Å². The van der Waals surface area contributed by atoms with Crippen LogP contribution in [0.2, 0.25) is 0 Å². The molecule has 2 N–H and O–H groups in total. The number of nitrogens with one attached hydrogen (secondary N) is 2. The Labute approximate surface area is 170 Å². The molecule has 150 valence electrons. The average molecular weight is 391 g/mol. The van der Waals surface area contributed by atoms with Gasteiger partial charge in [-0.1, -0.05) is 6.92 Å². The minimum atomic E-state index is -0.242. The molecular weight excluding hydrogens is 366 g/mol. The summed E-state index contributed by atoms with van der Waals surface area (Å²) in [5.74, 6) is 1.72. The number of hydrogen-bond acceptors (Lipinski definition) is 6. The minimum Gasteiger partial charge on any atom is -0.467 e. The molecule has 4 rings (SSSR count). The van der Waals surface area contributed by atoms with Gasteiger partial charge in [0.15, 0.2) is 0 Å². The van der Waals surface area contributed by atoms with Crippen molar-refractivity contribution in [1.82, 2.24) is 15.3 Å². The van der Waals surface area contributed by atoms with E-state index in [1.54, 1.807) is 18.4 Å². The number of hydrogen-bond donors (Lipinski definition) is 2.